The molecule has 0 rings (SSSR count). The van der Waals surface area contributed by atoms with Crippen molar-refractivity contribution in [3.05, 3.63) is 0 Å². The van der Waals surface area contributed by atoms with E-state index < -0.39 is 16.0 Å². The number of rotatable bonds is 8. The maximum atomic E-state index is 11.7. The molecule has 0 unspecified atom stereocenters. The third kappa shape index (κ3) is 6.55. The Hall–Kier alpha value is -1.15. The van der Waals surface area contributed by atoms with Gasteiger partial charge in [-0.2, -0.15) is 4.31 Å². The number of nitrogens with one attached hydrogen (secondary N) is 1. The predicted molar refractivity (Wildman–Crippen MR) is 66.4 cm³/mol. The maximum Gasteiger partial charge on any atom is 0.305 e. The Morgan fingerprint density at radius 2 is 1.94 bits per heavy atom. The van der Waals surface area contributed by atoms with Gasteiger partial charge >= 0.3 is 5.97 Å². The molecule has 0 aromatic rings. The predicted octanol–water partition coefficient (Wildman–Crippen LogP) is -0.663. The molecule has 1 amide bonds. The highest BCUT2D eigenvalue weighted by molar-refractivity contribution is 7.89. The van der Waals surface area contributed by atoms with Crippen LogP contribution < -0.4 is 5.32 Å². The van der Waals surface area contributed by atoms with E-state index in [-0.39, 0.29) is 31.0 Å². The van der Waals surface area contributed by atoms with Crippen LogP contribution in [0.5, 0.6) is 0 Å². The van der Waals surface area contributed by atoms with Crippen LogP contribution in [-0.2, 0) is 24.3 Å². The molecular weight excluding hydrogens is 260 g/mol. The minimum absolute atomic E-state index is 0.0464. The second-order valence-electron chi connectivity index (χ2n) is 3.71. The van der Waals surface area contributed by atoms with E-state index in [1.54, 1.807) is 6.92 Å². The Morgan fingerprint density at radius 3 is 2.44 bits per heavy atom. The van der Waals surface area contributed by atoms with Crippen molar-refractivity contribution >= 4 is 21.9 Å². The van der Waals surface area contributed by atoms with Crippen LogP contribution in [0, 0.1) is 0 Å². The van der Waals surface area contributed by atoms with Crippen LogP contribution in [0.2, 0.25) is 0 Å². The molecule has 0 heterocycles. The zero-order valence-corrected chi connectivity index (χ0v) is 11.7. The fourth-order valence-electron chi connectivity index (χ4n) is 1.21. The third-order valence-corrected chi connectivity index (χ3v) is 4.11. The molecule has 0 aromatic heterocycles. The van der Waals surface area contributed by atoms with Gasteiger partial charge in [-0.1, -0.05) is 0 Å². The van der Waals surface area contributed by atoms with E-state index in [4.69, 9.17) is 0 Å². The molecule has 7 nitrogen and oxygen atoms in total. The molecular formula is C10H20N2O5S. The number of amides is 1. The molecule has 0 aliphatic rings. The van der Waals surface area contributed by atoms with E-state index in [2.05, 4.69) is 10.1 Å². The molecule has 0 aliphatic carbocycles. The number of likely N-dealkylation sites (N-methyl/N-ethyl adjacent to an activating group) is 2. The summed E-state index contributed by atoms with van der Waals surface area (Å²) >= 11 is 0. The van der Waals surface area contributed by atoms with E-state index in [1.165, 1.54) is 14.2 Å². The maximum absolute atomic E-state index is 11.7. The Morgan fingerprint density at radius 1 is 1.33 bits per heavy atom. The molecule has 1 N–H and O–H groups in total. The van der Waals surface area contributed by atoms with Crippen molar-refractivity contribution in [2.75, 3.05) is 33.0 Å². The highest BCUT2D eigenvalue weighted by atomic mass is 32.2. The largest absolute Gasteiger partial charge is 0.469 e. The number of ether oxygens (including phenoxy) is 1. The smallest absolute Gasteiger partial charge is 0.305 e. The summed E-state index contributed by atoms with van der Waals surface area (Å²) in [4.78, 5) is 22.1. The molecule has 0 bridgehead atoms. The van der Waals surface area contributed by atoms with Crippen LogP contribution in [-0.4, -0.2) is 57.6 Å². The number of carbonyl (C=O) groups is 2. The number of esters is 1. The highest BCUT2D eigenvalue weighted by Crippen LogP contribution is 2.03. The van der Waals surface area contributed by atoms with Gasteiger partial charge in [0.05, 0.1) is 19.4 Å². The first kappa shape index (κ1) is 16.9. The van der Waals surface area contributed by atoms with Crippen LogP contribution in [0.4, 0.5) is 0 Å². The zero-order valence-electron chi connectivity index (χ0n) is 10.9. The normalized spacial score (nSPS) is 11.3. The lowest BCUT2D eigenvalue weighted by molar-refractivity contribution is -0.140. The quantitative estimate of drug-likeness (QED) is 0.596. The number of sulfonamides is 1. The third-order valence-electron chi connectivity index (χ3n) is 2.23. The summed E-state index contributed by atoms with van der Waals surface area (Å²) in [5.41, 5.74) is 0. The van der Waals surface area contributed by atoms with E-state index >= 15 is 0 Å². The summed E-state index contributed by atoms with van der Waals surface area (Å²) in [5, 5.41) is 2.51. The second kappa shape index (κ2) is 8.04. The zero-order chi connectivity index (χ0) is 14.2. The monoisotopic (exact) mass is 280 g/mol. The molecule has 0 fully saturated rings. The van der Waals surface area contributed by atoms with E-state index in [0.717, 1.165) is 4.31 Å². The first-order chi connectivity index (χ1) is 8.33. The fraction of sp³-hybridized carbons (Fsp3) is 0.800. The van der Waals surface area contributed by atoms with Gasteiger partial charge in [0.25, 0.3) is 0 Å². The highest BCUT2D eigenvalue weighted by Gasteiger charge is 2.20. The number of methoxy groups -OCH3 is 1. The molecule has 18 heavy (non-hydrogen) atoms. The first-order valence-electron chi connectivity index (χ1n) is 5.61. The van der Waals surface area contributed by atoms with Gasteiger partial charge in [-0.15, -0.1) is 0 Å². The lowest BCUT2D eigenvalue weighted by atomic mass is 10.3. The van der Waals surface area contributed by atoms with Crippen LogP contribution in [0.15, 0.2) is 0 Å². The van der Waals surface area contributed by atoms with Crippen LogP contribution in [0.1, 0.15) is 19.8 Å². The SMILES string of the molecule is CCNC(=O)CN(C)S(=O)(=O)CCCC(=O)OC. The molecule has 0 saturated carbocycles. The van der Waals surface area contributed by atoms with Crippen molar-refractivity contribution < 1.29 is 22.7 Å². The number of nitrogens with zero attached hydrogens (tertiary/aromatic N) is 1. The van der Waals surface area contributed by atoms with Gasteiger partial charge in [0.1, 0.15) is 0 Å². The molecule has 0 aromatic carbocycles. The average molecular weight is 280 g/mol. The minimum Gasteiger partial charge on any atom is -0.469 e. The lowest BCUT2D eigenvalue weighted by Crippen LogP contribution is -2.39. The Kier molecular flexibility index (Phi) is 7.53. The van der Waals surface area contributed by atoms with Crippen molar-refractivity contribution in [2.24, 2.45) is 0 Å². The lowest BCUT2D eigenvalue weighted by Gasteiger charge is -2.16. The molecule has 8 heteroatoms. The molecule has 0 atom stereocenters. The summed E-state index contributed by atoms with van der Waals surface area (Å²) in [6, 6.07) is 0. The second-order valence-corrected chi connectivity index (χ2v) is 5.90. The molecule has 0 radical (unpaired) electrons. The van der Waals surface area contributed by atoms with Crippen LogP contribution in [0.25, 0.3) is 0 Å². The summed E-state index contributed by atoms with van der Waals surface area (Å²) in [6.07, 6.45) is 0.222. The van der Waals surface area contributed by atoms with Crippen molar-refractivity contribution in [1.29, 1.82) is 0 Å². The van der Waals surface area contributed by atoms with E-state index in [1.807, 2.05) is 0 Å². The molecule has 0 aliphatic heterocycles. The van der Waals surface area contributed by atoms with Gasteiger partial charge in [0.15, 0.2) is 0 Å². The van der Waals surface area contributed by atoms with Crippen molar-refractivity contribution in [1.82, 2.24) is 9.62 Å². The standard InChI is InChI=1S/C10H20N2O5S/c1-4-11-9(13)8-12(2)18(15,16)7-5-6-10(14)17-3/h4-8H2,1-3H3,(H,11,13). The minimum atomic E-state index is -3.51. The Labute approximate surface area is 108 Å². The molecule has 106 valence electrons. The van der Waals surface area contributed by atoms with Crippen molar-refractivity contribution in [2.45, 2.75) is 19.8 Å². The Bertz CT molecular complexity index is 380. The summed E-state index contributed by atoms with van der Waals surface area (Å²) in [7, 11) is -0.929. The van der Waals surface area contributed by atoms with Crippen molar-refractivity contribution in [3.8, 4) is 0 Å². The van der Waals surface area contributed by atoms with Crippen LogP contribution >= 0.6 is 0 Å². The van der Waals surface area contributed by atoms with E-state index in [0.29, 0.717) is 6.54 Å². The summed E-state index contributed by atoms with van der Waals surface area (Å²) in [6.45, 7) is 1.99. The van der Waals surface area contributed by atoms with Gasteiger partial charge in [0.2, 0.25) is 15.9 Å². The first-order valence-corrected chi connectivity index (χ1v) is 7.22. The van der Waals surface area contributed by atoms with Gasteiger partial charge in [-0.05, 0) is 13.3 Å². The number of carbonyl (C=O) groups excluding carboxylic acids is 2. The number of hydrogen-bond acceptors (Lipinski definition) is 5. The molecule has 0 saturated heterocycles. The van der Waals surface area contributed by atoms with Gasteiger partial charge < -0.3 is 10.1 Å². The van der Waals surface area contributed by atoms with Gasteiger partial charge in [0, 0.05) is 20.0 Å². The fourth-order valence-corrected chi connectivity index (χ4v) is 2.35. The van der Waals surface area contributed by atoms with Gasteiger partial charge in [-0.25, -0.2) is 8.42 Å². The van der Waals surface area contributed by atoms with E-state index in [9.17, 15) is 18.0 Å². The Balaban J connectivity index is 4.19. The topological polar surface area (TPSA) is 92.8 Å². The van der Waals surface area contributed by atoms with Crippen molar-refractivity contribution in [3.63, 3.8) is 0 Å². The van der Waals surface area contributed by atoms with Gasteiger partial charge in [-0.3, -0.25) is 9.59 Å². The summed E-state index contributed by atoms with van der Waals surface area (Å²) in [5.74, 6) is -0.981. The molecule has 0 spiro atoms. The van der Waals surface area contributed by atoms with Crippen LogP contribution in [0.3, 0.4) is 0 Å². The average Bonchev–Trinajstić information content (AvgIpc) is 2.28. The number of hydrogen-bond donors (Lipinski definition) is 1. The summed E-state index contributed by atoms with van der Waals surface area (Å²) < 4.78 is 28.9.